The first-order valence-electron chi connectivity index (χ1n) is 11.2. The quantitative estimate of drug-likeness (QED) is 0.269. The predicted molar refractivity (Wildman–Crippen MR) is 138 cm³/mol. The Bertz CT molecular complexity index is 1590. The summed E-state index contributed by atoms with van der Waals surface area (Å²) in [5, 5.41) is 3.43. The third-order valence-corrected chi connectivity index (χ3v) is 6.17. The third kappa shape index (κ3) is 3.46. The molecule has 0 saturated heterocycles. The Balaban J connectivity index is 1.61. The minimum atomic E-state index is 0.784. The average Bonchev–Trinajstić information content (AvgIpc) is 2.89. The molecule has 0 amide bonds. The van der Waals surface area contributed by atoms with Gasteiger partial charge in [-0.15, -0.1) is 0 Å². The summed E-state index contributed by atoms with van der Waals surface area (Å²) in [5.74, 6) is 0.784. The van der Waals surface area contributed by atoms with Gasteiger partial charge in [0.25, 0.3) is 0 Å². The van der Waals surface area contributed by atoms with Crippen molar-refractivity contribution < 1.29 is 0 Å². The maximum atomic E-state index is 4.87. The monoisotopic (exact) mass is 422 g/mol. The van der Waals surface area contributed by atoms with Gasteiger partial charge in [0.05, 0.1) is 11.2 Å². The van der Waals surface area contributed by atoms with Gasteiger partial charge in [-0.1, -0.05) is 109 Å². The average molecular weight is 423 g/mol. The van der Waals surface area contributed by atoms with Crippen LogP contribution < -0.4 is 0 Å². The highest BCUT2D eigenvalue weighted by Crippen LogP contribution is 2.38. The van der Waals surface area contributed by atoms with Crippen LogP contribution in [0.5, 0.6) is 0 Å². The largest absolute Gasteiger partial charge is 0.233 e. The standard InChI is InChI=1S/C31H22N2/c1-21-32-30(25-12-6-3-7-13-25)29-20-28(26-14-8-9-15-27(26)31(29)33-21)24-18-16-23(17-19-24)22-10-4-2-5-11-22/h2-20H,1H3. The molecule has 6 rings (SSSR count). The zero-order chi connectivity index (χ0) is 22.2. The van der Waals surface area contributed by atoms with Crippen LogP contribution in [0.1, 0.15) is 5.82 Å². The lowest BCUT2D eigenvalue weighted by Gasteiger charge is -2.14. The van der Waals surface area contributed by atoms with Gasteiger partial charge in [-0.2, -0.15) is 0 Å². The van der Waals surface area contributed by atoms with Gasteiger partial charge < -0.3 is 0 Å². The second-order valence-corrected chi connectivity index (χ2v) is 8.29. The zero-order valence-corrected chi connectivity index (χ0v) is 18.4. The van der Waals surface area contributed by atoms with Crippen LogP contribution in [0.2, 0.25) is 0 Å². The highest BCUT2D eigenvalue weighted by Gasteiger charge is 2.15. The van der Waals surface area contributed by atoms with Crippen LogP contribution in [-0.4, -0.2) is 9.97 Å². The van der Waals surface area contributed by atoms with Crippen molar-refractivity contribution >= 4 is 21.7 Å². The van der Waals surface area contributed by atoms with E-state index in [9.17, 15) is 0 Å². The molecule has 0 fully saturated rings. The summed E-state index contributed by atoms with van der Waals surface area (Å²) in [6.07, 6.45) is 0. The number of benzene rings is 5. The predicted octanol–water partition coefficient (Wildman–Crippen LogP) is 8.09. The van der Waals surface area contributed by atoms with E-state index in [1.54, 1.807) is 0 Å². The topological polar surface area (TPSA) is 25.8 Å². The summed E-state index contributed by atoms with van der Waals surface area (Å²) in [5.41, 5.74) is 7.91. The molecule has 1 heterocycles. The van der Waals surface area contributed by atoms with Crippen LogP contribution in [0.4, 0.5) is 0 Å². The number of nitrogens with zero attached hydrogens (tertiary/aromatic N) is 2. The number of aryl methyl sites for hydroxylation is 1. The van der Waals surface area contributed by atoms with Crippen molar-refractivity contribution in [2.45, 2.75) is 6.92 Å². The van der Waals surface area contributed by atoms with E-state index in [4.69, 9.17) is 9.97 Å². The molecule has 2 nitrogen and oxygen atoms in total. The summed E-state index contributed by atoms with van der Waals surface area (Å²) in [7, 11) is 0. The zero-order valence-electron chi connectivity index (χ0n) is 18.4. The van der Waals surface area contributed by atoms with E-state index in [2.05, 4.69) is 103 Å². The van der Waals surface area contributed by atoms with E-state index in [1.807, 2.05) is 19.1 Å². The van der Waals surface area contributed by atoms with Crippen molar-refractivity contribution in [2.24, 2.45) is 0 Å². The molecule has 0 aliphatic rings. The summed E-state index contributed by atoms with van der Waals surface area (Å²) in [6.45, 7) is 1.97. The lowest BCUT2D eigenvalue weighted by atomic mass is 9.92. The van der Waals surface area contributed by atoms with E-state index in [-0.39, 0.29) is 0 Å². The van der Waals surface area contributed by atoms with Crippen LogP contribution >= 0.6 is 0 Å². The normalized spacial score (nSPS) is 11.2. The van der Waals surface area contributed by atoms with Crippen LogP contribution in [0.3, 0.4) is 0 Å². The molecule has 156 valence electrons. The fraction of sp³-hybridized carbons (Fsp3) is 0.0323. The summed E-state index contributed by atoms with van der Waals surface area (Å²) in [6, 6.07) is 40.5. The molecule has 1 aromatic heterocycles. The maximum absolute atomic E-state index is 4.87. The van der Waals surface area contributed by atoms with Gasteiger partial charge in [-0.3, -0.25) is 0 Å². The van der Waals surface area contributed by atoms with Crippen molar-refractivity contribution in [2.75, 3.05) is 0 Å². The Kier molecular flexibility index (Phi) is 4.70. The van der Waals surface area contributed by atoms with Crippen molar-refractivity contribution in [3.63, 3.8) is 0 Å². The van der Waals surface area contributed by atoms with Crippen LogP contribution in [0.25, 0.3) is 55.2 Å². The fourth-order valence-corrected chi connectivity index (χ4v) is 4.60. The van der Waals surface area contributed by atoms with Gasteiger partial charge in [0.2, 0.25) is 0 Å². The molecule has 0 radical (unpaired) electrons. The van der Waals surface area contributed by atoms with Crippen molar-refractivity contribution in [3.8, 4) is 33.5 Å². The van der Waals surface area contributed by atoms with E-state index in [0.29, 0.717) is 0 Å². The van der Waals surface area contributed by atoms with Gasteiger partial charge in [0.15, 0.2) is 0 Å². The summed E-state index contributed by atoms with van der Waals surface area (Å²) < 4.78 is 0. The molecule has 0 unspecified atom stereocenters. The van der Waals surface area contributed by atoms with Crippen molar-refractivity contribution in [1.82, 2.24) is 9.97 Å². The van der Waals surface area contributed by atoms with Gasteiger partial charge in [-0.25, -0.2) is 9.97 Å². The number of hydrogen-bond donors (Lipinski definition) is 0. The Morgan fingerprint density at radius 2 is 1.00 bits per heavy atom. The Morgan fingerprint density at radius 3 is 1.70 bits per heavy atom. The summed E-state index contributed by atoms with van der Waals surface area (Å²) in [4.78, 5) is 9.72. The number of aromatic nitrogens is 2. The smallest absolute Gasteiger partial charge is 0.126 e. The van der Waals surface area contributed by atoms with Crippen molar-refractivity contribution in [1.29, 1.82) is 0 Å². The van der Waals surface area contributed by atoms with E-state index in [0.717, 1.165) is 33.4 Å². The first kappa shape index (κ1) is 19.4. The molecule has 0 atom stereocenters. The molecular weight excluding hydrogens is 400 g/mol. The minimum absolute atomic E-state index is 0.784. The summed E-state index contributed by atoms with van der Waals surface area (Å²) >= 11 is 0. The second kappa shape index (κ2) is 7.99. The second-order valence-electron chi connectivity index (χ2n) is 8.29. The molecule has 0 spiro atoms. The van der Waals surface area contributed by atoms with Crippen molar-refractivity contribution in [3.05, 3.63) is 121 Å². The lowest BCUT2D eigenvalue weighted by Crippen LogP contribution is -1.96. The van der Waals surface area contributed by atoms with Gasteiger partial charge in [0, 0.05) is 16.3 Å². The van der Waals surface area contributed by atoms with E-state index < -0.39 is 0 Å². The highest BCUT2D eigenvalue weighted by molar-refractivity contribution is 6.15. The minimum Gasteiger partial charge on any atom is -0.233 e. The molecule has 0 aliphatic heterocycles. The number of fused-ring (bicyclic) bond motifs is 3. The van der Waals surface area contributed by atoms with E-state index in [1.165, 1.54) is 27.6 Å². The van der Waals surface area contributed by atoms with Gasteiger partial charge in [-0.05, 0) is 40.6 Å². The molecule has 0 N–H and O–H groups in total. The Hall–Kier alpha value is -4.30. The molecule has 6 aromatic rings. The Morgan fingerprint density at radius 1 is 0.455 bits per heavy atom. The fourth-order valence-electron chi connectivity index (χ4n) is 4.60. The molecule has 5 aromatic carbocycles. The highest BCUT2D eigenvalue weighted by atomic mass is 14.9. The number of rotatable bonds is 3. The Labute approximate surface area is 193 Å². The molecular formula is C31H22N2. The van der Waals surface area contributed by atoms with Crippen LogP contribution in [0.15, 0.2) is 115 Å². The first-order chi connectivity index (χ1) is 16.3. The lowest BCUT2D eigenvalue weighted by molar-refractivity contribution is 1.10. The van der Waals surface area contributed by atoms with Crippen LogP contribution in [-0.2, 0) is 0 Å². The third-order valence-electron chi connectivity index (χ3n) is 6.17. The molecule has 0 bridgehead atoms. The van der Waals surface area contributed by atoms with Gasteiger partial charge >= 0.3 is 0 Å². The molecule has 33 heavy (non-hydrogen) atoms. The van der Waals surface area contributed by atoms with Gasteiger partial charge in [0.1, 0.15) is 5.82 Å². The maximum Gasteiger partial charge on any atom is 0.126 e. The SMILES string of the molecule is Cc1nc(-c2ccccc2)c2cc(-c3ccc(-c4ccccc4)cc3)c3ccccc3c2n1. The number of hydrogen-bond acceptors (Lipinski definition) is 2. The molecule has 0 aliphatic carbocycles. The first-order valence-corrected chi connectivity index (χ1v) is 11.2. The van der Waals surface area contributed by atoms with Crippen LogP contribution in [0, 0.1) is 6.92 Å². The molecule has 2 heteroatoms. The molecule has 0 saturated carbocycles. The van der Waals surface area contributed by atoms with E-state index >= 15 is 0 Å².